The van der Waals surface area contributed by atoms with Gasteiger partial charge in [-0.15, -0.1) is 24.0 Å². The fourth-order valence-corrected chi connectivity index (χ4v) is 2.27. The van der Waals surface area contributed by atoms with E-state index in [1.54, 1.807) is 19.1 Å². The molecule has 0 unspecified atom stereocenters. The van der Waals surface area contributed by atoms with E-state index in [0.29, 0.717) is 37.7 Å². The molecule has 1 aromatic carbocycles. The van der Waals surface area contributed by atoms with Gasteiger partial charge in [-0.1, -0.05) is 12.1 Å². The Morgan fingerprint density at radius 3 is 2.55 bits per heavy atom. The first kappa shape index (κ1) is 24.9. The van der Waals surface area contributed by atoms with E-state index >= 15 is 0 Å². The molecule has 29 heavy (non-hydrogen) atoms. The van der Waals surface area contributed by atoms with E-state index in [2.05, 4.69) is 30.9 Å². The van der Waals surface area contributed by atoms with Gasteiger partial charge in [0, 0.05) is 25.8 Å². The summed E-state index contributed by atoms with van der Waals surface area (Å²) < 4.78 is 51.2. The molecule has 0 spiro atoms. The molecule has 2 aromatic rings. The molecule has 11 heteroatoms. The highest BCUT2D eigenvalue weighted by atomic mass is 127. The van der Waals surface area contributed by atoms with E-state index in [4.69, 9.17) is 0 Å². The molecule has 0 amide bonds. The predicted octanol–water partition coefficient (Wildman–Crippen LogP) is 3.73. The third kappa shape index (κ3) is 8.38. The Bertz CT molecular complexity index is 813. The maximum atomic E-state index is 13.3. The molecule has 0 aliphatic rings. The molecule has 1 aromatic heterocycles. The summed E-state index contributed by atoms with van der Waals surface area (Å²) in [7, 11) is 0. The first-order valence-corrected chi connectivity index (χ1v) is 8.71. The van der Waals surface area contributed by atoms with E-state index in [1.165, 1.54) is 6.07 Å². The van der Waals surface area contributed by atoms with Gasteiger partial charge in [0.2, 0.25) is 5.95 Å². The van der Waals surface area contributed by atoms with Crippen LogP contribution in [0.4, 0.5) is 23.5 Å². The van der Waals surface area contributed by atoms with Crippen molar-refractivity contribution >= 4 is 35.9 Å². The Morgan fingerprint density at radius 1 is 1.14 bits per heavy atom. The number of nitrogens with zero attached hydrogens (tertiary/aromatic N) is 3. The van der Waals surface area contributed by atoms with E-state index in [1.807, 2.05) is 6.92 Å². The van der Waals surface area contributed by atoms with Crippen LogP contribution in [0.3, 0.4) is 0 Å². The Kier molecular flexibility index (Phi) is 10.1. The minimum absolute atomic E-state index is 0. The van der Waals surface area contributed by atoms with Gasteiger partial charge >= 0.3 is 6.18 Å². The van der Waals surface area contributed by atoms with Crippen molar-refractivity contribution in [2.24, 2.45) is 4.99 Å². The lowest BCUT2D eigenvalue weighted by Gasteiger charge is -2.12. The number of hydrogen-bond donors (Lipinski definition) is 3. The molecule has 0 fully saturated rings. The van der Waals surface area contributed by atoms with E-state index in [0.717, 1.165) is 17.8 Å². The number of nitrogens with one attached hydrogen (secondary N) is 3. The zero-order chi connectivity index (χ0) is 20.6. The largest absolute Gasteiger partial charge is 0.433 e. The van der Waals surface area contributed by atoms with Crippen LogP contribution in [0.1, 0.15) is 23.7 Å². The van der Waals surface area contributed by atoms with Crippen molar-refractivity contribution in [3.05, 3.63) is 53.1 Å². The van der Waals surface area contributed by atoms with Crippen LogP contribution >= 0.6 is 24.0 Å². The number of hydrogen-bond acceptors (Lipinski definition) is 4. The maximum Gasteiger partial charge on any atom is 0.433 e. The van der Waals surface area contributed by atoms with Gasteiger partial charge in [-0.05, 0) is 37.1 Å². The summed E-state index contributed by atoms with van der Waals surface area (Å²) in [6.45, 7) is 5.27. The van der Waals surface area contributed by atoms with E-state index < -0.39 is 11.9 Å². The summed E-state index contributed by atoms with van der Waals surface area (Å²) in [6.07, 6.45) is -3.46. The molecule has 3 N–H and O–H groups in total. The van der Waals surface area contributed by atoms with Crippen molar-refractivity contribution in [1.29, 1.82) is 0 Å². The van der Waals surface area contributed by atoms with Gasteiger partial charge in [0.1, 0.15) is 11.5 Å². The number of aryl methyl sites for hydroxylation is 1. The van der Waals surface area contributed by atoms with Gasteiger partial charge in [-0.25, -0.2) is 19.4 Å². The highest BCUT2D eigenvalue weighted by Gasteiger charge is 2.32. The summed E-state index contributed by atoms with van der Waals surface area (Å²) in [5.74, 6) is 0.178. The average Bonchev–Trinajstić information content (AvgIpc) is 2.65. The molecule has 160 valence electrons. The number of rotatable bonds is 7. The minimum Gasteiger partial charge on any atom is -0.357 e. The Morgan fingerprint density at radius 2 is 1.90 bits per heavy atom. The van der Waals surface area contributed by atoms with Crippen LogP contribution in [0.15, 0.2) is 35.5 Å². The average molecular weight is 526 g/mol. The van der Waals surface area contributed by atoms with Crippen molar-refractivity contribution < 1.29 is 17.6 Å². The SMILES string of the molecule is CCNC(=NCc1ccc(F)c(C)c1)NCCNc1nccc(C(F)(F)F)n1.I. The van der Waals surface area contributed by atoms with Crippen LogP contribution in [0, 0.1) is 12.7 Å². The first-order chi connectivity index (χ1) is 13.3. The van der Waals surface area contributed by atoms with Crippen molar-refractivity contribution in [3.8, 4) is 0 Å². The Labute approximate surface area is 183 Å². The first-order valence-electron chi connectivity index (χ1n) is 8.71. The van der Waals surface area contributed by atoms with Crippen LogP contribution in [-0.4, -0.2) is 35.6 Å². The lowest BCUT2D eigenvalue weighted by atomic mass is 10.1. The number of alkyl halides is 3. The van der Waals surface area contributed by atoms with Gasteiger partial charge in [0.15, 0.2) is 5.96 Å². The number of halogens is 5. The Hall–Kier alpha value is -2.18. The normalized spacial score (nSPS) is 11.6. The monoisotopic (exact) mass is 526 g/mol. The predicted molar refractivity (Wildman–Crippen MR) is 115 cm³/mol. The molecule has 1 heterocycles. The summed E-state index contributed by atoms with van der Waals surface area (Å²) >= 11 is 0. The summed E-state index contributed by atoms with van der Waals surface area (Å²) in [4.78, 5) is 11.6. The topological polar surface area (TPSA) is 74.2 Å². The molecule has 0 saturated heterocycles. The van der Waals surface area contributed by atoms with E-state index in [-0.39, 0.29) is 35.7 Å². The molecule has 0 aliphatic heterocycles. The zero-order valence-electron chi connectivity index (χ0n) is 16.0. The smallest absolute Gasteiger partial charge is 0.357 e. The van der Waals surface area contributed by atoms with Crippen LogP contribution < -0.4 is 16.0 Å². The third-order valence-corrected chi connectivity index (χ3v) is 3.63. The minimum atomic E-state index is -4.51. The fraction of sp³-hybridized carbons (Fsp3) is 0.389. The van der Waals surface area contributed by atoms with Gasteiger partial charge in [0.05, 0.1) is 6.54 Å². The standard InChI is InChI=1S/C18H22F4N6.HI/c1-3-23-16(27-11-13-4-5-14(19)12(2)10-13)25-8-9-26-17-24-7-6-15(28-17)18(20,21)22;/h4-7,10H,3,8-9,11H2,1-2H3,(H2,23,25,27)(H,24,26,28);1H. The van der Waals surface area contributed by atoms with Crippen molar-refractivity contribution in [2.45, 2.75) is 26.6 Å². The second kappa shape index (κ2) is 11.7. The molecule has 2 rings (SSSR count). The van der Waals surface area contributed by atoms with Crippen molar-refractivity contribution in [1.82, 2.24) is 20.6 Å². The number of guanidine groups is 1. The van der Waals surface area contributed by atoms with Crippen LogP contribution in [0.2, 0.25) is 0 Å². The Balaban J connectivity index is 0.00000420. The second-order valence-corrected chi connectivity index (χ2v) is 5.90. The van der Waals surface area contributed by atoms with Gasteiger partial charge in [0.25, 0.3) is 0 Å². The van der Waals surface area contributed by atoms with Crippen molar-refractivity contribution in [2.75, 3.05) is 25.0 Å². The summed E-state index contributed by atoms with van der Waals surface area (Å²) in [5, 5.41) is 8.85. The van der Waals surface area contributed by atoms with Gasteiger partial charge < -0.3 is 16.0 Å². The van der Waals surface area contributed by atoms with Gasteiger partial charge in [-0.3, -0.25) is 0 Å². The number of aliphatic imine (C=N–C) groups is 1. The quantitative estimate of drug-likeness (QED) is 0.169. The third-order valence-electron chi connectivity index (χ3n) is 3.63. The number of anilines is 1. The second-order valence-electron chi connectivity index (χ2n) is 5.90. The van der Waals surface area contributed by atoms with E-state index in [9.17, 15) is 17.6 Å². The maximum absolute atomic E-state index is 13.3. The molecular weight excluding hydrogens is 503 g/mol. The number of benzene rings is 1. The molecule has 0 saturated carbocycles. The highest BCUT2D eigenvalue weighted by molar-refractivity contribution is 14.0. The summed E-state index contributed by atoms with van der Waals surface area (Å²) in [6, 6.07) is 5.62. The lowest BCUT2D eigenvalue weighted by Crippen LogP contribution is -2.39. The van der Waals surface area contributed by atoms with Crippen LogP contribution in [0.5, 0.6) is 0 Å². The number of aromatic nitrogens is 2. The summed E-state index contributed by atoms with van der Waals surface area (Å²) in [5.41, 5.74) is 0.421. The zero-order valence-corrected chi connectivity index (χ0v) is 18.3. The van der Waals surface area contributed by atoms with Gasteiger partial charge in [-0.2, -0.15) is 13.2 Å². The highest BCUT2D eigenvalue weighted by Crippen LogP contribution is 2.27. The van der Waals surface area contributed by atoms with Crippen LogP contribution in [-0.2, 0) is 12.7 Å². The molecular formula is C18H23F4IN6. The molecule has 0 bridgehead atoms. The molecule has 0 radical (unpaired) electrons. The van der Waals surface area contributed by atoms with Crippen LogP contribution in [0.25, 0.3) is 0 Å². The lowest BCUT2D eigenvalue weighted by molar-refractivity contribution is -0.141. The molecule has 6 nitrogen and oxygen atoms in total. The molecule has 0 atom stereocenters. The molecule has 0 aliphatic carbocycles. The van der Waals surface area contributed by atoms with Crippen molar-refractivity contribution in [3.63, 3.8) is 0 Å². The fourth-order valence-electron chi connectivity index (χ4n) is 2.27.